The molecule has 3 aliphatic rings. The normalized spacial score (nSPS) is 23.1. The highest BCUT2D eigenvalue weighted by atomic mass is 16.3. The Bertz CT molecular complexity index is 819. The number of likely N-dealkylation sites (tertiary alicyclic amines) is 2. The van der Waals surface area contributed by atoms with E-state index in [9.17, 15) is 14.7 Å². The molecule has 4 rings (SSSR count). The lowest BCUT2D eigenvalue weighted by atomic mass is 9.71. The Morgan fingerprint density at radius 1 is 1.26 bits per heavy atom. The number of fused-ring (bicyclic) bond motifs is 1. The number of likely N-dealkylation sites (N-methyl/N-ethyl adjacent to an activating group) is 1. The zero-order valence-corrected chi connectivity index (χ0v) is 18.4. The second-order valence-electron chi connectivity index (χ2n) is 8.99. The number of rotatable bonds is 2. The molecule has 170 valence electrons. The predicted octanol–water partition coefficient (Wildman–Crippen LogP) is 1.28. The molecule has 31 heavy (non-hydrogen) atoms. The van der Waals surface area contributed by atoms with Crippen LogP contribution in [-0.2, 0) is 20.8 Å². The number of amides is 2. The number of hydrogen-bond acceptors (Lipinski definition) is 5. The topological polar surface area (TPSA) is 101 Å². The third kappa shape index (κ3) is 5.07. The Hall–Kier alpha value is -2.45. The summed E-state index contributed by atoms with van der Waals surface area (Å²) in [5.74, 6) is 0.303. The second-order valence-corrected chi connectivity index (χ2v) is 8.99. The number of anilines is 1. The van der Waals surface area contributed by atoms with Crippen LogP contribution in [0.15, 0.2) is 18.2 Å². The predicted molar refractivity (Wildman–Crippen MR) is 117 cm³/mol. The number of aliphatic hydroxyl groups excluding tert-OH is 1. The van der Waals surface area contributed by atoms with Gasteiger partial charge in [0.2, 0.25) is 11.8 Å². The van der Waals surface area contributed by atoms with Crippen molar-refractivity contribution in [1.82, 2.24) is 9.80 Å². The van der Waals surface area contributed by atoms with Crippen LogP contribution >= 0.6 is 0 Å². The van der Waals surface area contributed by atoms with Crippen molar-refractivity contribution in [2.75, 3.05) is 44.7 Å². The number of carbonyl (C=O) groups excluding carboxylic acids is 2. The fourth-order valence-electron chi connectivity index (χ4n) is 5.23. The van der Waals surface area contributed by atoms with Crippen LogP contribution in [0, 0.1) is 12.3 Å². The number of aliphatic hydroxyl groups is 1. The SMILES string of the molecule is Cc1ccc2c(c1)CCCN2C(=O)CN1CCC2(CC1)CC(O)CN(C)C2=O.O=CO. The zero-order valence-electron chi connectivity index (χ0n) is 18.4. The van der Waals surface area contributed by atoms with Gasteiger partial charge in [-0.3, -0.25) is 19.3 Å². The molecule has 0 aromatic heterocycles. The van der Waals surface area contributed by atoms with E-state index in [2.05, 4.69) is 30.0 Å². The fourth-order valence-corrected chi connectivity index (χ4v) is 5.23. The molecule has 8 nitrogen and oxygen atoms in total. The molecule has 8 heteroatoms. The fraction of sp³-hybridized carbons (Fsp3) is 0.609. The van der Waals surface area contributed by atoms with Crippen molar-refractivity contribution in [1.29, 1.82) is 0 Å². The van der Waals surface area contributed by atoms with E-state index in [-0.39, 0.29) is 18.3 Å². The van der Waals surface area contributed by atoms with E-state index in [1.165, 1.54) is 11.1 Å². The Morgan fingerprint density at radius 2 is 1.94 bits per heavy atom. The lowest BCUT2D eigenvalue weighted by molar-refractivity contribution is -0.154. The van der Waals surface area contributed by atoms with Gasteiger partial charge in [0.15, 0.2) is 0 Å². The van der Waals surface area contributed by atoms with Crippen molar-refractivity contribution in [3.05, 3.63) is 29.3 Å². The number of benzene rings is 1. The number of hydrogen-bond donors (Lipinski definition) is 2. The maximum Gasteiger partial charge on any atom is 0.290 e. The van der Waals surface area contributed by atoms with Crippen LogP contribution < -0.4 is 4.90 Å². The molecule has 2 fully saturated rings. The first-order valence-electron chi connectivity index (χ1n) is 10.9. The molecule has 1 spiro atoms. The minimum Gasteiger partial charge on any atom is -0.483 e. The highest BCUT2D eigenvalue weighted by molar-refractivity contribution is 5.96. The van der Waals surface area contributed by atoms with Crippen molar-refractivity contribution in [3.63, 3.8) is 0 Å². The van der Waals surface area contributed by atoms with E-state index in [0.29, 0.717) is 19.5 Å². The van der Waals surface area contributed by atoms with Crippen LogP contribution in [0.5, 0.6) is 0 Å². The van der Waals surface area contributed by atoms with Gasteiger partial charge in [0, 0.05) is 25.8 Å². The highest BCUT2D eigenvalue weighted by Gasteiger charge is 2.47. The number of aryl methyl sites for hydroxylation is 2. The number of carbonyl (C=O) groups is 3. The summed E-state index contributed by atoms with van der Waals surface area (Å²) in [6, 6.07) is 6.34. The second kappa shape index (κ2) is 9.78. The zero-order chi connectivity index (χ0) is 22.6. The van der Waals surface area contributed by atoms with Crippen molar-refractivity contribution in [3.8, 4) is 0 Å². The van der Waals surface area contributed by atoms with E-state index in [1.807, 2.05) is 4.90 Å². The standard InChI is InChI=1S/C22H31N3O3.CH2O2/c1-16-5-6-19-17(12-16)4-3-9-25(19)20(27)15-24-10-7-22(8-11-24)13-18(26)14-23(2)21(22)28;2-1-3/h5-6,12,18,26H,3-4,7-11,13-15H2,1-2H3;1H,(H,2,3). The van der Waals surface area contributed by atoms with Crippen LogP contribution in [0.4, 0.5) is 5.69 Å². The lowest BCUT2D eigenvalue weighted by Crippen LogP contribution is -2.57. The Labute approximate surface area is 183 Å². The molecule has 3 heterocycles. The highest BCUT2D eigenvalue weighted by Crippen LogP contribution is 2.40. The van der Waals surface area contributed by atoms with Crippen LogP contribution in [-0.4, -0.2) is 84.2 Å². The molecule has 0 aliphatic carbocycles. The largest absolute Gasteiger partial charge is 0.483 e. The molecule has 1 atom stereocenters. The average molecular weight is 432 g/mol. The van der Waals surface area contributed by atoms with Crippen LogP contribution in [0.2, 0.25) is 0 Å². The molecule has 2 N–H and O–H groups in total. The van der Waals surface area contributed by atoms with Crippen molar-refractivity contribution >= 4 is 24.0 Å². The minimum absolute atomic E-state index is 0.146. The van der Waals surface area contributed by atoms with Gasteiger partial charge in [0.1, 0.15) is 0 Å². The summed E-state index contributed by atoms with van der Waals surface area (Å²) in [4.78, 5) is 39.9. The van der Waals surface area contributed by atoms with Gasteiger partial charge >= 0.3 is 0 Å². The lowest BCUT2D eigenvalue weighted by Gasteiger charge is -2.47. The smallest absolute Gasteiger partial charge is 0.290 e. The summed E-state index contributed by atoms with van der Waals surface area (Å²) >= 11 is 0. The molecule has 3 aliphatic heterocycles. The van der Waals surface area contributed by atoms with Gasteiger partial charge in [0.25, 0.3) is 6.47 Å². The van der Waals surface area contributed by atoms with E-state index in [0.717, 1.165) is 51.0 Å². The van der Waals surface area contributed by atoms with Crippen LogP contribution in [0.1, 0.15) is 36.8 Å². The Morgan fingerprint density at radius 3 is 2.61 bits per heavy atom. The molecule has 1 aromatic carbocycles. The quantitative estimate of drug-likeness (QED) is 0.684. The van der Waals surface area contributed by atoms with Gasteiger partial charge in [-0.2, -0.15) is 0 Å². The first-order chi connectivity index (χ1) is 14.8. The van der Waals surface area contributed by atoms with Crippen LogP contribution in [0.3, 0.4) is 0 Å². The summed E-state index contributed by atoms with van der Waals surface area (Å²) in [5, 5.41) is 17.0. The van der Waals surface area contributed by atoms with Gasteiger partial charge in [-0.05, 0) is 63.7 Å². The van der Waals surface area contributed by atoms with Gasteiger partial charge in [-0.15, -0.1) is 0 Å². The van der Waals surface area contributed by atoms with Crippen LogP contribution in [0.25, 0.3) is 0 Å². The molecule has 2 saturated heterocycles. The van der Waals surface area contributed by atoms with Gasteiger partial charge in [0.05, 0.1) is 18.1 Å². The molecular formula is C23H33N3O5. The molecule has 2 amide bonds. The summed E-state index contributed by atoms with van der Waals surface area (Å²) in [6.45, 7) is 4.90. The third-order valence-electron chi connectivity index (χ3n) is 6.74. The molecule has 0 saturated carbocycles. The van der Waals surface area contributed by atoms with Gasteiger partial charge < -0.3 is 20.0 Å². The Balaban J connectivity index is 0.000000858. The molecule has 1 aromatic rings. The first-order valence-corrected chi connectivity index (χ1v) is 10.9. The van der Waals surface area contributed by atoms with E-state index < -0.39 is 11.5 Å². The minimum atomic E-state index is -0.443. The summed E-state index contributed by atoms with van der Waals surface area (Å²) in [7, 11) is 1.78. The summed E-state index contributed by atoms with van der Waals surface area (Å²) in [6.07, 6.45) is 3.59. The molecule has 0 bridgehead atoms. The summed E-state index contributed by atoms with van der Waals surface area (Å²) < 4.78 is 0. The van der Waals surface area contributed by atoms with Crippen molar-refractivity contribution < 1.29 is 24.6 Å². The van der Waals surface area contributed by atoms with E-state index in [1.54, 1.807) is 11.9 Å². The number of β-amino-alcohol motifs (C(OH)–C–C–N with tert-alkyl or cyclic N) is 1. The summed E-state index contributed by atoms with van der Waals surface area (Å²) in [5.41, 5.74) is 3.12. The Kier molecular flexibility index (Phi) is 7.33. The van der Waals surface area contributed by atoms with Gasteiger partial charge in [-0.25, -0.2) is 0 Å². The van der Waals surface area contributed by atoms with Crippen molar-refractivity contribution in [2.24, 2.45) is 5.41 Å². The van der Waals surface area contributed by atoms with Gasteiger partial charge in [-0.1, -0.05) is 17.7 Å². The molecule has 1 unspecified atom stereocenters. The number of carboxylic acid groups (broad SMARTS) is 1. The third-order valence-corrected chi connectivity index (χ3v) is 6.74. The van der Waals surface area contributed by atoms with E-state index >= 15 is 0 Å². The monoisotopic (exact) mass is 431 g/mol. The number of nitrogens with zero attached hydrogens (tertiary/aromatic N) is 3. The number of piperidine rings is 2. The average Bonchev–Trinajstić information content (AvgIpc) is 2.73. The first kappa shape index (κ1) is 23.2. The molecular weight excluding hydrogens is 398 g/mol. The van der Waals surface area contributed by atoms with Crippen molar-refractivity contribution in [2.45, 2.75) is 45.1 Å². The maximum atomic E-state index is 13.0. The molecule has 0 radical (unpaired) electrons. The van der Waals surface area contributed by atoms with E-state index in [4.69, 9.17) is 9.90 Å². The maximum absolute atomic E-state index is 13.0.